The lowest BCUT2D eigenvalue weighted by Crippen LogP contribution is -2.17. The van der Waals surface area contributed by atoms with Crippen LogP contribution < -0.4 is 4.74 Å². The molecule has 0 spiro atoms. The molecule has 0 aliphatic heterocycles. The summed E-state index contributed by atoms with van der Waals surface area (Å²) >= 11 is 6.94. The predicted molar refractivity (Wildman–Crippen MR) is 114 cm³/mol. The summed E-state index contributed by atoms with van der Waals surface area (Å²) in [5.41, 5.74) is 1.24. The Hall–Kier alpha value is -2.06. The molecule has 0 aliphatic rings. The Labute approximate surface area is 180 Å². The highest BCUT2D eigenvalue weighted by atomic mass is 79.9. The van der Waals surface area contributed by atoms with Crippen LogP contribution in [0.5, 0.6) is 17.2 Å². The second kappa shape index (κ2) is 8.96. The van der Waals surface area contributed by atoms with Crippen LogP contribution in [-0.4, -0.2) is 28.5 Å². The van der Waals surface area contributed by atoms with Gasteiger partial charge in [0.2, 0.25) is 6.10 Å². The first-order valence-electron chi connectivity index (χ1n) is 8.41. The third-order valence-electron chi connectivity index (χ3n) is 3.79. The van der Waals surface area contributed by atoms with E-state index in [-0.39, 0.29) is 11.2 Å². The van der Waals surface area contributed by atoms with E-state index in [2.05, 4.69) is 37.0 Å². The molecule has 28 heavy (non-hydrogen) atoms. The summed E-state index contributed by atoms with van der Waals surface area (Å²) in [5, 5.41) is 22.6. The number of oxime groups is 1. The van der Waals surface area contributed by atoms with E-state index in [1.807, 2.05) is 26.8 Å². The zero-order valence-electron chi connectivity index (χ0n) is 15.9. The Morgan fingerprint density at radius 3 is 2.32 bits per heavy atom. The molecule has 0 aromatic heterocycles. The number of carboxylic acid groups (broad SMARTS) is 1. The predicted octanol–water partition coefficient (Wildman–Crippen LogP) is 5.83. The van der Waals surface area contributed by atoms with E-state index in [0.717, 1.165) is 5.56 Å². The van der Waals surface area contributed by atoms with E-state index in [0.29, 0.717) is 26.0 Å². The van der Waals surface area contributed by atoms with Crippen LogP contribution in [0.2, 0.25) is 0 Å². The highest BCUT2D eigenvalue weighted by molar-refractivity contribution is 9.11. The van der Waals surface area contributed by atoms with Gasteiger partial charge in [0.1, 0.15) is 11.5 Å². The van der Waals surface area contributed by atoms with Crippen molar-refractivity contribution >= 4 is 44.0 Å². The topological polar surface area (TPSA) is 88.4 Å². The minimum absolute atomic E-state index is 0.222. The van der Waals surface area contributed by atoms with Gasteiger partial charge in [-0.05, 0) is 80.1 Å². The van der Waals surface area contributed by atoms with Gasteiger partial charge in [-0.15, -0.1) is 0 Å². The van der Waals surface area contributed by atoms with Gasteiger partial charge >= 0.3 is 5.97 Å². The number of carboxylic acids is 1. The lowest BCUT2D eigenvalue weighted by atomic mass is 9.86. The molecule has 6 nitrogen and oxygen atoms in total. The Bertz CT molecular complexity index is 883. The molecule has 0 aliphatic carbocycles. The summed E-state index contributed by atoms with van der Waals surface area (Å²) < 4.78 is 7.33. The molecule has 2 rings (SSSR count). The van der Waals surface area contributed by atoms with Crippen molar-refractivity contribution in [3.63, 3.8) is 0 Å². The summed E-state index contributed by atoms with van der Waals surface area (Å²) in [4.78, 5) is 15.6. The van der Waals surface area contributed by atoms with E-state index >= 15 is 0 Å². The lowest BCUT2D eigenvalue weighted by Gasteiger charge is -2.21. The Kier molecular flexibility index (Phi) is 7.11. The quantitative estimate of drug-likeness (QED) is 0.374. The fourth-order valence-electron chi connectivity index (χ4n) is 2.28. The average molecular weight is 515 g/mol. The summed E-state index contributed by atoms with van der Waals surface area (Å²) in [6, 6.07) is 8.65. The number of carbonyl (C=O) groups is 1. The molecule has 150 valence electrons. The number of rotatable bonds is 6. The van der Waals surface area contributed by atoms with Crippen LogP contribution in [0.15, 0.2) is 44.4 Å². The van der Waals surface area contributed by atoms with Gasteiger partial charge in [-0.1, -0.05) is 25.9 Å². The van der Waals surface area contributed by atoms with Gasteiger partial charge in [-0.25, -0.2) is 4.79 Å². The second-order valence-electron chi connectivity index (χ2n) is 7.17. The number of phenolic OH excluding ortho intramolecular Hbond substituents is 1. The van der Waals surface area contributed by atoms with Gasteiger partial charge in [-0.2, -0.15) is 0 Å². The second-order valence-corrected chi connectivity index (χ2v) is 8.87. The van der Waals surface area contributed by atoms with Crippen molar-refractivity contribution in [3.8, 4) is 17.2 Å². The lowest BCUT2D eigenvalue weighted by molar-refractivity contribution is -0.149. The van der Waals surface area contributed by atoms with Crippen molar-refractivity contribution in [1.29, 1.82) is 0 Å². The smallest absolute Gasteiger partial charge is 0.347 e. The molecule has 2 aromatic rings. The Morgan fingerprint density at radius 2 is 1.79 bits per heavy atom. The molecule has 8 heteroatoms. The summed E-state index contributed by atoms with van der Waals surface area (Å²) in [6.45, 7) is 7.43. The molecule has 1 unspecified atom stereocenters. The standard InChI is InChI=1S/C20H21Br2NO5/c1-11(19(25)26)28-23-10-12-7-15(21)18(16(22)8-12)27-13-5-6-17(24)14(9-13)20(2,3)4/h5-11,24H,1-4H3,(H,25,26)/b23-10-. The summed E-state index contributed by atoms with van der Waals surface area (Å²) in [5.74, 6) is 0.276. The number of halogens is 2. The normalized spacial score (nSPS) is 12.8. The maximum Gasteiger partial charge on any atom is 0.347 e. The number of benzene rings is 2. The number of hydrogen-bond donors (Lipinski definition) is 2. The van der Waals surface area contributed by atoms with Crippen LogP contribution in [0.4, 0.5) is 0 Å². The van der Waals surface area contributed by atoms with Crippen LogP contribution in [-0.2, 0) is 15.0 Å². The first kappa shape index (κ1) is 22.2. The third-order valence-corrected chi connectivity index (χ3v) is 4.96. The first-order chi connectivity index (χ1) is 13.0. The summed E-state index contributed by atoms with van der Waals surface area (Å²) in [6.07, 6.45) is 0.383. The molecule has 0 heterocycles. The molecule has 0 fully saturated rings. The zero-order valence-corrected chi connectivity index (χ0v) is 19.0. The van der Waals surface area contributed by atoms with Crippen LogP contribution in [0, 0.1) is 0 Å². The van der Waals surface area contributed by atoms with Gasteiger partial charge < -0.3 is 19.8 Å². The molecule has 1 atom stereocenters. The van der Waals surface area contributed by atoms with Gasteiger partial charge in [0, 0.05) is 5.56 Å². The number of hydrogen-bond acceptors (Lipinski definition) is 5. The minimum atomic E-state index is -1.09. The number of aliphatic carboxylic acids is 1. The van der Waals surface area contributed by atoms with Gasteiger partial charge in [0.15, 0.2) is 5.75 Å². The molecule has 0 saturated heterocycles. The Balaban J connectivity index is 2.24. The maximum atomic E-state index is 10.7. The minimum Gasteiger partial charge on any atom is -0.508 e. The summed E-state index contributed by atoms with van der Waals surface area (Å²) in [7, 11) is 0. The monoisotopic (exact) mass is 513 g/mol. The average Bonchev–Trinajstić information content (AvgIpc) is 2.58. The van der Waals surface area contributed by atoms with Crippen molar-refractivity contribution in [2.45, 2.75) is 39.2 Å². The number of nitrogens with zero attached hydrogens (tertiary/aromatic N) is 1. The van der Waals surface area contributed by atoms with Crippen molar-refractivity contribution in [3.05, 3.63) is 50.4 Å². The van der Waals surface area contributed by atoms with Crippen LogP contribution in [0.1, 0.15) is 38.8 Å². The number of aromatic hydroxyl groups is 1. The van der Waals surface area contributed by atoms with E-state index in [1.165, 1.54) is 13.1 Å². The van der Waals surface area contributed by atoms with Crippen LogP contribution in [0.25, 0.3) is 0 Å². The maximum absolute atomic E-state index is 10.7. The van der Waals surface area contributed by atoms with Crippen molar-refractivity contribution in [1.82, 2.24) is 0 Å². The van der Waals surface area contributed by atoms with E-state index < -0.39 is 12.1 Å². The third kappa shape index (κ3) is 5.72. The molecule has 2 aromatic carbocycles. The number of phenols is 1. The molecule has 0 radical (unpaired) electrons. The van der Waals surface area contributed by atoms with E-state index in [9.17, 15) is 9.90 Å². The van der Waals surface area contributed by atoms with Crippen LogP contribution in [0.3, 0.4) is 0 Å². The largest absolute Gasteiger partial charge is 0.508 e. The van der Waals surface area contributed by atoms with Crippen molar-refractivity contribution in [2.24, 2.45) is 5.16 Å². The number of ether oxygens (including phenoxy) is 1. The van der Waals surface area contributed by atoms with Crippen molar-refractivity contribution < 1.29 is 24.6 Å². The van der Waals surface area contributed by atoms with Gasteiger partial charge in [0.05, 0.1) is 15.2 Å². The zero-order chi connectivity index (χ0) is 21.1. The molecule has 0 saturated carbocycles. The Morgan fingerprint density at radius 1 is 1.18 bits per heavy atom. The molecule has 0 bridgehead atoms. The molecule has 2 N–H and O–H groups in total. The van der Waals surface area contributed by atoms with E-state index in [1.54, 1.807) is 24.3 Å². The molecular weight excluding hydrogens is 494 g/mol. The SMILES string of the molecule is CC(O/N=C\c1cc(Br)c(Oc2ccc(O)c(C(C)(C)C)c2)c(Br)c1)C(=O)O. The fraction of sp³-hybridized carbons (Fsp3) is 0.300. The van der Waals surface area contributed by atoms with Gasteiger partial charge in [0.25, 0.3) is 0 Å². The highest BCUT2D eigenvalue weighted by Crippen LogP contribution is 2.40. The van der Waals surface area contributed by atoms with Gasteiger partial charge in [-0.3, -0.25) is 0 Å². The first-order valence-corrected chi connectivity index (χ1v) is 10.00. The highest BCUT2D eigenvalue weighted by Gasteiger charge is 2.19. The van der Waals surface area contributed by atoms with E-state index in [4.69, 9.17) is 14.7 Å². The fourth-order valence-corrected chi connectivity index (χ4v) is 3.66. The van der Waals surface area contributed by atoms with Crippen molar-refractivity contribution in [2.75, 3.05) is 0 Å². The van der Waals surface area contributed by atoms with Crippen LogP contribution >= 0.6 is 31.9 Å². The molecular formula is C20H21Br2NO5. The molecule has 0 amide bonds.